The average Bonchev–Trinajstić information content (AvgIpc) is 3.09. The number of unbranched alkanes of at least 4 members (excludes halogenated alkanes) is 1. The number of ether oxygens (including phenoxy) is 4. The molecule has 0 unspecified atom stereocenters. The van der Waals surface area contributed by atoms with E-state index < -0.39 is 11.9 Å². The van der Waals surface area contributed by atoms with Crippen LogP contribution < -0.4 is 9.47 Å². The van der Waals surface area contributed by atoms with Crippen LogP contribution in [0.4, 0.5) is 0 Å². The number of aromatic nitrogens is 3. The highest BCUT2D eigenvalue weighted by Gasteiger charge is 2.30. The molecule has 234 valence electrons. The maximum absolute atomic E-state index is 11.8. The van der Waals surface area contributed by atoms with Gasteiger partial charge >= 0.3 is 11.9 Å². The van der Waals surface area contributed by atoms with Gasteiger partial charge in [-0.25, -0.2) is 24.5 Å². The summed E-state index contributed by atoms with van der Waals surface area (Å²) in [6.07, 6.45) is 6.68. The number of methoxy groups -OCH3 is 2. The molecule has 9 nitrogen and oxygen atoms in total. The zero-order valence-corrected chi connectivity index (χ0v) is 26.3. The SMILES string of the molecule is CCCCc1c2c(nc3c1CCc1cc4cccc(OCC(=O)OC)c4nc1-3)-c1nc3c(OCC(=O)OC)cccc3cc1CC2. The number of para-hydroxylation sites is 2. The van der Waals surface area contributed by atoms with Crippen molar-refractivity contribution in [2.45, 2.75) is 51.9 Å². The highest BCUT2D eigenvalue weighted by atomic mass is 16.6. The number of carbonyl (C=O) groups excluding carboxylic acids is 2. The van der Waals surface area contributed by atoms with Gasteiger partial charge in [0.05, 0.1) is 37.0 Å². The molecule has 9 heteroatoms. The lowest BCUT2D eigenvalue weighted by Crippen LogP contribution is -2.18. The molecule has 3 aromatic heterocycles. The first-order valence-corrected chi connectivity index (χ1v) is 15.8. The normalized spacial score (nSPS) is 12.9. The van der Waals surface area contributed by atoms with Crippen LogP contribution in [0.25, 0.3) is 44.6 Å². The van der Waals surface area contributed by atoms with Crippen molar-refractivity contribution >= 4 is 33.7 Å². The number of nitrogens with zero attached hydrogens (tertiary/aromatic N) is 3. The third-order valence-corrected chi connectivity index (χ3v) is 8.96. The Bertz CT molecular complexity index is 1880. The van der Waals surface area contributed by atoms with Crippen LogP contribution in [0.5, 0.6) is 11.5 Å². The molecular weight excluding hydrogens is 582 g/mol. The van der Waals surface area contributed by atoms with Crippen molar-refractivity contribution in [3.63, 3.8) is 0 Å². The van der Waals surface area contributed by atoms with Gasteiger partial charge in [0.2, 0.25) is 0 Å². The summed E-state index contributed by atoms with van der Waals surface area (Å²) in [5.74, 6) is 0.151. The van der Waals surface area contributed by atoms with Gasteiger partial charge in [0, 0.05) is 10.8 Å². The van der Waals surface area contributed by atoms with Crippen LogP contribution >= 0.6 is 0 Å². The van der Waals surface area contributed by atoms with Crippen molar-refractivity contribution in [1.82, 2.24) is 15.0 Å². The van der Waals surface area contributed by atoms with Crippen molar-refractivity contribution in [3.8, 4) is 34.3 Å². The Kier molecular flexibility index (Phi) is 7.98. The minimum absolute atomic E-state index is 0.195. The third-order valence-electron chi connectivity index (χ3n) is 8.96. The molecule has 0 fully saturated rings. The summed E-state index contributed by atoms with van der Waals surface area (Å²) in [6, 6.07) is 15.8. The summed E-state index contributed by atoms with van der Waals surface area (Å²) in [4.78, 5) is 39.4. The largest absolute Gasteiger partial charge is 0.480 e. The van der Waals surface area contributed by atoms with Gasteiger partial charge in [0.15, 0.2) is 13.2 Å². The molecule has 7 rings (SSSR count). The molecule has 0 aliphatic heterocycles. The Morgan fingerprint density at radius 2 is 1.17 bits per heavy atom. The van der Waals surface area contributed by atoms with Crippen molar-refractivity contribution in [3.05, 3.63) is 76.3 Å². The lowest BCUT2D eigenvalue weighted by molar-refractivity contribution is -0.143. The van der Waals surface area contributed by atoms with Crippen molar-refractivity contribution in [2.24, 2.45) is 0 Å². The lowest BCUT2D eigenvalue weighted by Gasteiger charge is -2.28. The summed E-state index contributed by atoms with van der Waals surface area (Å²) in [5.41, 5.74) is 11.0. The highest BCUT2D eigenvalue weighted by Crippen LogP contribution is 2.43. The summed E-state index contributed by atoms with van der Waals surface area (Å²) in [7, 11) is 2.68. The van der Waals surface area contributed by atoms with E-state index in [4.69, 9.17) is 33.9 Å². The van der Waals surface area contributed by atoms with Gasteiger partial charge in [0.1, 0.15) is 22.5 Å². The predicted molar refractivity (Wildman–Crippen MR) is 174 cm³/mol. The number of esters is 2. The Labute approximate surface area is 266 Å². The van der Waals surface area contributed by atoms with Crippen molar-refractivity contribution in [1.29, 1.82) is 0 Å². The van der Waals surface area contributed by atoms with Gasteiger partial charge in [-0.1, -0.05) is 37.6 Å². The van der Waals surface area contributed by atoms with Crippen LogP contribution in [0.1, 0.15) is 47.6 Å². The van der Waals surface area contributed by atoms with Crippen LogP contribution in [0.3, 0.4) is 0 Å². The minimum atomic E-state index is -0.452. The van der Waals surface area contributed by atoms with E-state index in [1.54, 1.807) is 0 Å². The first-order chi connectivity index (χ1) is 22.5. The molecule has 0 bridgehead atoms. The van der Waals surface area contributed by atoms with Crippen LogP contribution in [0, 0.1) is 0 Å². The first kappa shape index (κ1) is 29.6. The highest BCUT2D eigenvalue weighted by molar-refractivity contribution is 5.91. The van der Waals surface area contributed by atoms with E-state index in [1.165, 1.54) is 30.9 Å². The van der Waals surface area contributed by atoms with Crippen LogP contribution in [-0.4, -0.2) is 54.3 Å². The Hall–Kier alpha value is -5.05. The van der Waals surface area contributed by atoms with Crippen LogP contribution in [0.2, 0.25) is 0 Å². The Morgan fingerprint density at radius 3 is 1.63 bits per heavy atom. The molecule has 2 aromatic carbocycles. The molecule has 3 heterocycles. The molecule has 0 radical (unpaired) electrons. The van der Waals surface area contributed by atoms with E-state index in [9.17, 15) is 9.59 Å². The maximum Gasteiger partial charge on any atom is 0.343 e. The predicted octanol–water partition coefficient (Wildman–Crippen LogP) is 6.16. The number of carbonyl (C=O) groups is 2. The summed E-state index contributed by atoms with van der Waals surface area (Å²) in [5, 5.41) is 1.90. The van der Waals surface area contributed by atoms with Gasteiger partial charge in [-0.15, -0.1) is 0 Å². The molecule has 0 spiro atoms. The molecule has 5 aromatic rings. The summed E-state index contributed by atoms with van der Waals surface area (Å²) in [6.45, 7) is 1.83. The molecule has 2 aliphatic rings. The van der Waals surface area contributed by atoms with Gasteiger partial charge in [-0.05, 0) is 90.6 Å². The second-order valence-electron chi connectivity index (χ2n) is 11.7. The fraction of sp³-hybridized carbons (Fsp3) is 0.324. The van der Waals surface area contributed by atoms with E-state index in [0.717, 1.165) is 89.6 Å². The number of aryl methyl sites for hydroxylation is 2. The number of benzene rings is 2. The standard InChI is InChI=1S/C37H35N3O6/c1-4-5-10-25-26-15-13-23-17-21-8-6-11-28(45-19-30(41)43-2)32(21)38-34(23)36(26)40-37-27(25)16-14-24-18-22-9-7-12-29(33(22)39-35(24)37)46-20-31(42)44-3/h6-9,11-12,17-18H,4-5,10,13-16,19-20H2,1-3H3. The summed E-state index contributed by atoms with van der Waals surface area (Å²) < 4.78 is 21.3. The van der Waals surface area contributed by atoms with Gasteiger partial charge in [-0.2, -0.15) is 0 Å². The van der Waals surface area contributed by atoms with E-state index in [-0.39, 0.29) is 13.2 Å². The lowest BCUT2D eigenvalue weighted by atomic mass is 9.80. The van der Waals surface area contributed by atoms with Gasteiger partial charge in [-0.3, -0.25) is 0 Å². The van der Waals surface area contributed by atoms with Crippen molar-refractivity contribution < 1.29 is 28.5 Å². The number of pyridine rings is 3. The van der Waals surface area contributed by atoms with E-state index in [0.29, 0.717) is 22.5 Å². The molecule has 46 heavy (non-hydrogen) atoms. The average molecular weight is 618 g/mol. The van der Waals surface area contributed by atoms with E-state index in [2.05, 4.69) is 19.1 Å². The van der Waals surface area contributed by atoms with Gasteiger partial charge < -0.3 is 18.9 Å². The minimum Gasteiger partial charge on any atom is -0.480 e. The second-order valence-corrected chi connectivity index (χ2v) is 11.7. The molecule has 0 N–H and O–H groups in total. The fourth-order valence-corrected chi connectivity index (χ4v) is 6.67. The number of fused-ring (bicyclic) bond motifs is 8. The molecule has 0 saturated heterocycles. The van der Waals surface area contributed by atoms with Crippen molar-refractivity contribution in [2.75, 3.05) is 27.4 Å². The second kappa shape index (κ2) is 12.4. The quantitative estimate of drug-likeness (QED) is 0.180. The number of hydrogen-bond acceptors (Lipinski definition) is 9. The smallest absolute Gasteiger partial charge is 0.343 e. The number of rotatable bonds is 9. The van der Waals surface area contributed by atoms with Gasteiger partial charge in [0.25, 0.3) is 0 Å². The van der Waals surface area contributed by atoms with Crippen LogP contribution in [0.15, 0.2) is 48.5 Å². The first-order valence-electron chi connectivity index (χ1n) is 15.8. The fourth-order valence-electron chi connectivity index (χ4n) is 6.67. The van der Waals surface area contributed by atoms with Crippen LogP contribution in [-0.2, 0) is 51.2 Å². The topological polar surface area (TPSA) is 110 Å². The molecule has 0 saturated carbocycles. The monoisotopic (exact) mass is 617 g/mol. The Morgan fingerprint density at radius 1 is 0.674 bits per heavy atom. The maximum atomic E-state index is 11.8. The third kappa shape index (κ3) is 5.29. The summed E-state index contributed by atoms with van der Waals surface area (Å²) >= 11 is 0. The zero-order valence-electron chi connectivity index (χ0n) is 26.3. The molecule has 0 atom stereocenters. The Balaban J connectivity index is 1.40. The van der Waals surface area contributed by atoms with E-state index >= 15 is 0 Å². The molecule has 0 amide bonds. The molecular formula is C37H35N3O6. The molecule has 2 aliphatic carbocycles. The van der Waals surface area contributed by atoms with E-state index in [1.807, 2.05) is 36.4 Å². The zero-order chi connectivity index (χ0) is 31.8. The number of hydrogen-bond donors (Lipinski definition) is 0.